The van der Waals surface area contributed by atoms with Crippen molar-refractivity contribution >= 4 is 43.2 Å². The lowest BCUT2D eigenvalue weighted by atomic mass is 9.82. The molecule has 1 fully saturated rings. The Morgan fingerprint density at radius 1 is 0.917 bits per heavy atom. The average molecular weight is 828 g/mol. The zero-order chi connectivity index (χ0) is 42.5. The van der Waals surface area contributed by atoms with Gasteiger partial charge in [-0.1, -0.05) is 78.8 Å². The third kappa shape index (κ3) is 7.30. The molecule has 1 saturated heterocycles. The number of allylic oxidation sites excluding steroid dienone is 3. The second-order valence-corrected chi connectivity index (χ2v) is 21.3. The van der Waals surface area contributed by atoms with Gasteiger partial charge in [0.25, 0.3) is 11.8 Å². The molecule has 0 saturated carbocycles. The molecular weight excluding hydrogens is 774 g/mol. The maximum absolute atomic E-state index is 17.0. The van der Waals surface area contributed by atoms with Crippen LogP contribution >= 0.6 is 0 Å². The molecular formula is C49H54FN3O6Si. The van der Waals surface area contributed by atoms with Crippen LogP contribution in [0.4, 0.5) is 21.2 Å². The molecule has 1 spiro atoms. The third-order valence-electron chi connectivity index (χ3n) is 12.8. The van der Waals surface area contributed by atoms with Crippen LogP contribution < -0.4 is 14.5 Å². The first kappa shape index (κ1) is 41.4. The number of hydrogen-bond acceptors (Lipinski definition) is 6. The summed E-state index contributed by atoms with van der Waals surface area (Å²) in [4.78, 5) is 49.3. The van der Waals surface area contributed by atoms with Gasteiger partial charge in [-0.25, -0.2) is 0 Å². The molecule has 4 aromatic carbocycles. The number of carbonyl (C=O) groups is 3. The maximum Gasteiger partial charge on any atom is 0.266 e. The van der Waals surface area contributed by atoms with Crippen LogP contribution in [0.2, 0.25) is 18.6 Å². The Hall–Kier alpha value is -5.36. The molecule has 0 bridgehead atoms. The lowest BCUT2D eigenvalue weighted by Crippen LogP contribution is -2.48. The summed E-state index contributed by atoms with van der Waals surface area (Å²) >= 11 is 0. The number of hydrogen-bond donors (Lipinski definition) is 1. The van der Waals surface area contributed by atoms with Gasteiger partial charge in [0.1, 0.15) is 5.75 Å². The van der Waals surface area contributed by atoms with E-state index in [0.717, 1.165) is 29.5 Å². The van der Waals surface area contributed by atoms with Gasteiger partial charge in [0.2, 0.25) is 14.3 Å². The van der Waals surface area contributed by atoms with E-state index in [1.165, 1.54) is 5.57 Å². The van der Waals surface area contributed by atoms with E-state index in [1.807, 2.05) is 79.7 Å². The molecule has 60 heavy (non-hydrogen) atoms. The van der Waals surface area contributed by atoms with Gasteiger partial charge in [-0.3, -0.25) is 19.3 Å². The van der Waals surface area contributed by atoms with Crippen LogP contribution in [0, 0.1) is 5.92 Å². The predicted octanol–water partition coefficient (Wildman–Crippen LogP) is 9.92. The Balaban J connectivity index is 1.22. The number of carbonyl (C=O) groups excluding carboxylic acids is 3. The molecule has 8 rings (SSSR count). The molecule has 0 unspecified atom stereocenters. The fourth-order valence-electron chi connectivity index (χ4n) is 9.89. The van der Waals surface area contributed by atoms with E-state index < -0.39 is 37.6 Å². The molecule has 0 aliphatic carbocycles. The molecule has 4 heterocycles. The summed E-state index contributed by atoms with van der Waals surface area (Å²) in [5.74, 6) is -0.609. The molecule has 0 radical (unpaired) electrons. The summed E-state index contributed by atoms with van der Waals surface area (Å²) in [6.45, 7) is 11.7. The molecule has 9 nitrogen and oxygen atoms in total. The molecule has 5 atom stereocenters. The minimum Gasteiger partial charge on any atom is -0.454 e. The highest BCUT2D eigenvalue weighted by Crippen LogP contribution is 2.61. The number of fused-ring (bicyclic) bond motifs is 5. The number of amides is 3. The second kappa shape index (κ2) is 16.2. The number of halogens is 1. The smallest absolute Gasteiger partial charge is 0.266 e. The predicted molar refractivity (Wildman–Crippen MR) is 235 cm³/mol. The Labute approximate surface area is 353 Å². The monoisotopic (exact) mass is 827 g/mol. The number of ether oxygens (including phenoxy) is 2. The molecule has 4 aromatic rings. The van der Waals surface area contributed by atoms with Gasteiger partial charge in [0.15, 0.2) is 11.4 Å². The minimum atomic E-state index is -3.64. The topological polar surface area (TPSA) is 99.6 Å². The molecule has 11 heteroatoms. The van der Waals surface area contributed by atoms with Crippen molar-refractivity contribution in [1.82, 2.24) is 4.90 Å². The summed E-state index contributed by atoms with van der Waals surface area (Å²) in [6, 6.07) is 27.4. The molecule has 4 aliphatic rings. The lowest BCUT2D eigenvalue weighted by Gasteiger charge is -2.37. The first-order valence-corrected chi connectivity index (χ1v) is 24.0. The van der Waals surface area contributed by atoms with Crippen LogP contribution in [0.3, 0.4) is 0 Å². The van der Waals surface area contributed by atoms with Crippen molar-refractivity contribution in [2.75, 3.05) is 23.0 Å². The van der Waals surface area contributed by atoms with E-state index in [4.69, 9.17) is 9.47 Å². The van der Waals surface area contributed by atoms with Gasteiger partial charge in [0, 0.05) is 35.8 Å². The largest absolute Gasteiger partial charge is 0.454 e. The number of benzene rings is 4. The van der Waals surface area contributed by atoms with E-state index in [1.54, 1.807) is 46.0 Å². The standard InChI is InChI=1S/C49H54FN3O6Si/c1-31(2)14-13-15-32(3)24-25-51-40-23-22-36(53-41-19-10-12-21-43(41)58-42-20-11-9-18-38(42)47(53)56)27-39(40)49(48(51)57)33(4)46(60(5,6)50)44(59-49)28-45(55)52-29-35-17-8-7-16-34(35)26-37(52)30-54/h7-12,14,16-24,27,33,37,44,46,54H,13,15,25-26,28-30H2,1-6H3/b32-24+/t33-,37-,44+,46-,49+/m0/s1. The Morgan fingerprint density at radius 3 is 2.35 bits per heavy atom. The van der Waals surface area contributed by atoms with Crippen molar-refractivity contribution in [2.45, 2.75) is 96.3 Å². The molecule has 0 aromatic heterocycles. The quantitative estimate of drug-likeness (QED) is 0.0972. The lowest BCUT2D eigenvalue weighted by molar-refractivity contribution is -0.150. The van der Waals surface area contributed by atoms with E-state index in [2.05, 4.69) is 32.9 Å². The van der Waals surface area contributed by atoms with Gasteiger partial charge < -0.3 is 28.5 Å². The number of anilines is 3. The zero-order valence-electron chi connectivity index (χ0n) is 35.3. The molecule has 312 valence electrons. The fourth-order valence-corrected chi connectivity index (χ4v) is 12.4. The fraction of sp³-hybridized carbons (Fsp3) is 0.367. The van der Waals surface area contributed by atoms with Gasteiger partial charge in [-0.05, 0) is 107 Å². The summed E-state index contributed by atoms with van der Waals surface area (Å²) in [5.41, 5.74) is 4.67. The van der Waals surface area contributed by atoms with Crippen LogP contribution in [0.5, 0.6) is 11.5 Å². The zero-order valence-corrected chi connectivity index (χ0v) is 36.3. The van der Waals surface area contributed by atoms with Crippen molar-refractivity contribution in [1.29, 1.82) is 0 Å². The van der Waals surface area contributed by atoms with E-state index in [-0.39, 0.29) is 37.3 Å². The Morgan fingerprint density at radius 2 is 1.62 bits per heavy atom. The first-order chi connectivity index (χ1) is 28.7. The van der Waals surface area contributed by atoms with Crippen molar-refractivity contribution in [3.63, 3.8) is 0 Å². The van der Waals surface area contributed by atoms with E-state index >= 15 is 8.90 Å². The highest BCUT2D eigenvalue weighted by atomic mass is 28.4. The number of aliphatic hydroxyl groups excluding tert-OH is 1. The van der Waals surface area contributed by atoms with Gasteiger partial charge >= 0.3 is 0 Å². The molecule has 4 aliphatic heterocycles. The van der Waals surface area contributed by atoms with E-state index in [0.29, 0.717) is 52.7 Å². The van der Waals surface area contributed by atoms with Crippen molar-refractivity contribution in [3.05, 3.63) is 137 Å². The van der Waals surface area contributed by atoms with Crippen molar-refractivity contribution in [2.24, 2.45) is 5.92 Å². The van der Waals surface area contributed by atoms with Crippen LogP contribution in [-0.4, -0.2) is 61.4 Å². The number of rotatable bonds is 10. The first-order valence-electron chi connectivity index (χ1n) is 21.0. The summed E-state index contributed by atoms with van der Waals surface area (Å²) in [5, 5.41) is 10.4. The maximum atomic E-state index is 17.0. The number of aliphatic hydroxyl groups is 1. The van der Waals surface area contributed by atoms with Crippen molar-refractivity contribution < 1.29 is 33.1 Å². The van der Waals surface area contributed by atoms with Crippen molar-refractivity contribution in [3.8, 4) is 11.5 Å². The van der Waals surface area contributed by atoms with Crippen LogP contribution in [0.25, 0.3) is 0 Å². The highest BCUT2D eigenvalue weighted by Gasteiger charge is 2.67. The average Bonchev–Trinajstić information content (AvgIpc) is 3.60. The Kier molecular flexibility index (Phi) is 11.2. The normalized spacial score (nSPS) is 23.5. The number of para-hydroxylation sites is 3. The van der Waals surface area contributed by atoms with Gasteiger partial charge in [-0.15, -0.1) is 0 Å². The van der Waals surface area contributed by atoms with Crippen LogP contribution in [0.1, 0.15) is 74.0 Å². The Bertz CT molecular complexity index is 2400. The van der Waals surface area contributed by atoms with Gasteiger partial charge in [0.05, 0.1) is 42.1 Å². The molecule has 1 N–H and O–H groups in total. The summed E-state index contributed by atoms with van der Waals surface area (Å²) in [6.07, 6.45) is 5.42. The van der Waals surface area contributed by atoms with E-state index in [9.17, 15) is 14.7 Å². The van der Waals surface area contributed by atoms with Crippen LogP contribution in [-0.2, 0) is 32.9 Å². The summed E-state index contributed by atoms with van der Waals surface area (Å²) in [7, 11) is -3.64. The summed E-state index contributed by atoms with van der Waals surface area (Å²) < 4.78 is 30.3. The minimum absolute atomic E-state index is 0.145. The van der Waals surface area contributed by atoms with Crippen LogP contribution in [0.15, 0.2) is 114 Å². The third-order valence-corrected chi connectivity index (χ3v) is 15.3. The van der Waals surface area contributed by atoms with Gasteiger partial charge in [-0.2, -0.15) is 0 Å². The SMILES string of the molecule is CC(C)=CCC/C(C)=C/CN1C(=O)[C@]2(O[C@H](CC(=O)N3Cc4ccccc4C[C@H]3CO)[C@@H]([Si](C)(C)F)[C@@H]2C)c2cc(N3C(=O)c4ccccc4Oc4ccccc43)ccc21. The number of nitrogens with zero attached hydrogens (tertiary/aromatic N) is 3. The second-order valence-electron chi connectivity index (χ2n) is 17.5. The molecule has 3 amide bonds. The highest BCUT2D eigenvalue weighted by molar-refractivity contribution is 6.72.